The van der Waals surface area contributed by atoms with Crippen LogP contribution in [0.15, 0.2) is 66.0 Å². The monoisotopic (exact) mass is 435 g/mol. The topological polar surface area (TPSA) is 53.6 Å². The molecule has 2 heterocycles. The van der Waals surface area contributed by atoms with Gasteiger partial charge in [-0.3, -0.25) is 4.79 Å². The molecule has 0 saturated carbocycles. The maximum atomic E-state index is 12.4. The Hall–Kier alpha value is -2.83. The van der Waals surface area contributed by atoms with Gasteiger partial charge in [0.05, 0.1) is 7.11 Å². The number of benzene rings is 2. The predicted octanol–water partition coefficient (Wildman–Crippen LogP) is 5.33. The lowest BCUT2D eigenvalue weighted by atomic mass is 10.0. The maximum Gasteiger partial charge on any atom is 0.255 e. The molecule has 2 aromatic carbocycles. The fourth-order valence-corrected chi connectivity index (χ4v) is 4.72. The number of nitrogens with one attached hydrogen (secondary N) is 2. The van der Waals surface area contributed by atoms with Crippen molar-refractivity contribution in [1.82, 2.24) is 5.32 Å². The molecule has 31 heavy (non-hydrogen) atoms. The smallest absolute Gasteiger partial charge is 0.255 e. The summed E-state index contributed by atoms with van der Waals surface area (Å²) in [6.45, 7) is 4.32. The third kappa shape index (κ3) is 5.46. The van der Waals surface area contributed by atoms with Crippen LogP contribution >= 0.6 is 11.3 Å². The van der Waals surface area contributed by atoms with Gasteiger partial charge in [0.1, 0.15) is 5.75 Å². The van der Waals surface area contributed by atoms with Gasteiger partial charge in [-0.2, -0.15) is 0 Å². The molecule has 1 fully saturated rings. The molecular formula is C25H29N3O2S. The molecule has 0 radical (unpaired) electrons. The van der Waals surface area contributed by atoms with Gasteiger partial charge in [0, 0.05) is 47.0 Å². The number of ether oxygens (including phenoxy) is 1. The number of anilines is 2. The first-order chi connectivity index (χ1) is 15.1. The second-order valence-electron chi connectivity index (χ2n) is 7.89. The van der Waals surface area contributed by atoms with Crippen molar-refractivity contribution < 1.29 is 9.53 Å². The van der Waals surface area contributed by atoms with E-state index in [0.717, 1.165) is 37.4 Å². The average Bonchev–Trinajstić information content (AvgIpc) is 3.35. The second-order valence-corrected chi connectivity index (χ2v) is 8.87. The number of hydrogen-bond acceptors (Lipinski definition) is 5. The van der Waals surface area contributed by atoms with E-state index in [0.29, 0.717) is 17.6 Å². The number of carbonyl (C=O) groups excluding carboxylic acids is 1. The first kappa shape index (κ1) is 21.4. The molecule has 1 amide bonds. The van der Waals surface area contributed by atoms with E-state index in [1.807, 2.05) is 23.5 Å². The van der Waals surface area contributed by atoms with Crippen LogP contribution in [0.2, 0.25) is 0 Å². The molecule has 1 atom stereocenters. The molecule has 3 aromatic rings. The highest BCUT2D eigenvalue weighted by Crippen LogP contribution is 2.25. The summed E-state index contributed by atoms with van der Waals surface area (Å²) in [4.78, 5) is 16.3. The molecule has 2 N–H and O–H groups in total. The Labute approximate surface area is 188 Å². The van der Waals surface area contributed by atoms with Crippen LogP contribution in [0.4, 0.5) is 11.4 Å². The number of carbonyl (C=O) groups is 1. The summed E-state index contributed by atoms with van der Waals surface area (Å²) in [5.74, 6) is 0.614. The third-order valence-corrected chi connectivity index (χ3v) is 6.85. The predicted molar refractivity (Wildman–Crippen MR) is 128 cm³/mol. The van der Waals surface area contributed by atoms with Gasteiger partial charge in [0.25, 0.3) is 5.91 Å². The van der Waals surface area contributed by atoms with Crippen LogP contribution in [0.5, 0.6) is 5.75 Å². The van der Waals surface area contributed by atoms with Gasteiger partial charge in [-0.1, -0.05) is 6.07 Å². The highest BCUT2D eigenvalue weighted by atomic mass is 32.1. The van der Waals surface area contributed by atoms with Crippen molar-refractivity contribution in [2.45, 2.75) is 31.8 Å². The van der Waals surface area contributed by atoms with Crippen molar-refractivity contribution in [3.8, 4) is 5.75 Å². The number of thiophene rings is 1. The molecule has 1 aromatic heterocycles. The standard InChI is InChI=1S/C25H29N3O2S/c1-18(24-4-3-17-31-24)26-21-13-15-28(16-14-21)22-9-7-20(8-10-22)27-25(29)19-5-11-23(30-2)12-6-19/h3-12,17-18,21,26H,13-16H2,1-2H3,(H,27,29)/t18-/m1/s1. The first-order valence-electron chi connectivity index (χ1n) is 10.7. The van der Waals surface area contributed by atoms with Gasteiger partial charge < -0.3 is 20.3 Å². The highest BCUT2D eigenvalue weighted by molar-refractivity contribution is 7.10. The number of hydrogen-bond donors (Lipinski definition) is 2. The number of methoxy groups -OCH3 is 1. The lowest BCUT2D eigenvalue weighted by molar-refractivity contribution is 0.102. The number of piperidine rings is 1. The number of amides is 1. The van der Waals surface area contributed by atoms with Crippen LogP contribution in [0.1, 0.15) is 41.0 Å². The largest absolute Gasteiger partial charge is 0.497 e. The zero-order valence-corrected chi connectivity index (χ0v) is 18.8. The van der Waals surface area contributed by atoms with E-state index in [2.05, 4.69) is 52.1 Å². The van der Waals surface area contributed by atoms with Crippen molar-refractivity contribution in [3.05, 3.63) is 76.5 Å². The van der Waals surface area contributed by atoms with Gasteiger partial charge in [0.2, 0.25) is 0 Å². The van der Waals surface area contributed by atoms with E-state index in [4.69, 9.17) is 4.74 Å². The van der Waals surface area contributed by atoms with E-state index in [9.17, 15) is 4.79 Å². The Morgan fingerprint density at radius 1 is 1.06 bits per heavy atom. The SMILES string of the molecule is COc1ccc(C(=O)Nc2ccc(N3CCC(N[C@H](C)c4cccs4)CC3)cc2)cc1. The van der Waals surface area contributed by atoms with Crippen LogP contribution in [0, 0.1) is 0 Å². The Kier molecular flexibility index (Phi) is 6.89. The lowest BCUT2D eigenvalue weighted by Crippen LogP contribution is -2.43. The second kappa shape index (κ2) is 9.98. The molecule has 0 spiro atoms. The summed E-state index contributed by atoms with van der Waals surface area (Å²) in [7, 11) is 1.61. The van der Waals surface area contributed by atoms with Crippen molar-refractivity contribution >= 4 is 28.6 Å². The molecule has 1 saturated heterocycles. The van der Waals surface area contributed by atoms with Gasteiger partial charge in [-0.25, -0.2) is 0 Å². The fourth-order valence-electron chi connectivity index (χ4n) is 3.98. The minimum absolute atomic E-state index is 0.123. The molecular weight excluding hydrogens is 406 g/mol. The van der Waals surface area contributed by atoms with Crippen molar-refractivity contribution in [2.75, 3.05) is 30.4 Å². The van der Waals surface area contributed by atoms with E-state index in [-0.39, 0.29) is 5.91 Å². The van der Waals surface area contributed by atoms with Gasteiger partial charge in [0.15, 0.2) is 0 Å². The van der Waals surface area contributed by atoms with Gasteiger partial charge in [-0.05, 0) is 79.7 Å². The van der Waals surface area contributed by atoms with E-state index >= 15 is 0 Å². The molecule has 0 bridgehead atoms. The third-order valence-electron chi connectivity index (χ3n) is 5.79. The fraction of sp³-hybridized carbons (Fsp3) is 0.320. The van der Waals surface area contributed by atoms with Crippen LogP contribution in [0.25, 0.3) is 0 Å². The van der Waals surface area contributed by atoms with Crippen LogP contribution < -0.4 is 20.3 Å². The van der Waals surface area contributed by atoms with Gasteiger partial charge >= 0.3 is 0 Å². The summed E-state index contributed by atoms with van der Waals surface area (Å²) in [5.41, 5.74) is 2.61. The average molecular weight is 436 g/mol. The Morgan fingerprint density at radius 2 is 1.77 bits per heavy atom. The Morgan fingerprint density at radius 3 is 2.39 bits per heavy atom. The van der Waals surface area contributed by atoms with Crippen molar-refractivity contribution in [3.63, 3.8) is 0 Å². The Balaban J connectivity index is 1.28. The van der Waals surface area contributed by atoms with Crippen LogP contribution in [-0.2, 0) is 0 Å². The number of rotatable bonds is 7. The summed E-state index contributed by atoms with van der Waals surface area (Å²) >= 11 is 1.81. The van der Waals surface area contributed by atoms with Crippen LogP contribution in [0.3, 0.4) is 0 Å². The normalized spacial score (nSPS) is 15.5. The van der Waals surface area contributed by atoms with Gasteiger partial charge in [-0.15, -0.1) is 11.3 Å². The molecule has 0 aliphatic carbocycles. The highest BCUT2D eigenvalue weighted by Gasteiger charge is 2.21. The number of nitrogens with zero attached hydrogens (tertiary/aromatic N) is 1. The summed E-state index contributed by atoms with van der Waals surface area (Å²) in [6.07, 6.45) is 2.26. The zero-order chi connectivity index (χ0) is 21.6. The first-order valence-corrected chi connectivity index (χ1v) is 11.6. The molecule has 0 unspecified atom stereocenters. The quantitative estimate of drug-likeness (QED) is 0.527. The summed E-state index contributed by atoms with van der Waals surface area (Å²) in [6, 6.07) is 20.5. The minimum atomic E-state index is -0.123. The molecule has 1 aliphatic heterocycles. The van der Waals surface area contributed by atoms with Crippen molar-refractivity contribution in [2.24, 2.45) is 0 Å². The molecule has 1 aliphatic rings. The molecule has 4 rings (SSSR count). The zero-order valence-electron chi connectivity index (χ0n) is 18.0. The Bertz CT molecular complexity index is 963. The summed E-state index contributed by atoms with van der Waals surface area (Å²) in [5, 5.41) is 8.87. The molecule has 5 nitrogen and oxygen atoms in total. The van der Waals surface area contributed by atoms with E-state index in [1.54, 1.807) is 31.4 Å². The maximum absolute atomic E-state index is 12.4. The molecule has 162 valence electrons. The van der Waals surface area contributed by atoms with Crippen molar-refractivity contribution in [1.29, 1.82) is 0 Å². The molecule has 6 heteroatoms. The van der Waals surface area contributed by atoms with E-state index < -0.39 is 0 Å². The van der Waals surface area contributed by atoms with Crippen LogP contribution in [-0.4, -0.2) is 32.1 Å². The lowest BCUT2D eigenvalue weighted by Gasteiger charge is -2.35. The summed E-state index contributed by atoms with van der Waals surface area (Å²) < 4.78 is 5.14. The van der Waals surface area contributed by atoms with E-state index in [1.165, 1.54) is 10.6 Å². The minimum Gasteiger partial charge on any atom is -0.497 e.